The number of rotatable bonds is 4. The Kier molecular flexibility index (Phi) is 5.13. The summed E-state index contributed by atoms with van der Waals surface area (Å²) in [4.78, 5) is 24.9. The van der Waals surface area contributed by atoms with Gasteiger partial charge in [-0.25, -0.2) is 0 Å². The third-order valence-electron chi connectivity index (χ3n) is 4.29. The first-order valence-electron chi connectivity index (χ1n) is 7.68. The van der Waals surface area contributed by atoms with E-state index in [1.54, 1.807) is 13.0 Å². The molecule has 1 amide bonds. The van der Waals surface area contributed by atoms with Gasteiger partial charge in [0.15, 0.2) is 0 Å². The topological polar surface area (TPSA) is 75.5 Å². The molecule has 1 heterocycles. The quantitative estimate of drug-likeness (QED) is 0.685. The molecule has 0 radical (unpaired) electrons. The van der Waals surface area contributed by atoms with E-state index in [1.807, 2.05) is 6.92 Å². The highest BCUT2D eigenvalue weighted by atomic mass is 16.6. The fourth-order valence-corrected chi connectivity index (χ4v) is 2.88. The van der Waals surface area contributed by atoms with Crippen LogP contribution in [0.2, 0.25) is 0 Å². The molecule has 1 aromatic carbocycles. The van der Waals surface area contributed by atoms with Gasteiger partial charge < -0.3 is 5.32 Å². The second-order valence-corrected chi connectivity index (χ2v) is 6.16. The van der Waals surface area contributed by atoms with Crippen molar-refractivity contribution in [3.63, 3.8) is 0 Å². The molecule has 0 aromatic heterocycles. The molecule has 6 nitrogen and oxygen atoms in total. The molecule has 120 valence electrons. The van der Waals surface area contributed by atoms with E-state index in [2.05, 4.69) is 17.1 Å². The van der Waals surface area contributed by atoms with Gasteiger partial charge in [-0.05, 0) is 50.8 Å². The summed E-state index contributed by atoms with van der Waals surface area (Å²) in [5.74, 6) is 0.552. The molecule has 2 rings (SSSR count). The van der Waals surface area contributed by atoms with Gasteiger partial charge in [0.25, 0.3) is 5.69 Å². The SMILES string of the molecule is Cc1cc([N+](=O)[O-])ccc1NC(=O)C(C)N1CCCC(C)C1. The molecule has 22 heavy (non-hydrogen) atoms. The van der Waals surface area contributed by atoms with Crippen LogP contribution in [0.5, 0.6) is 0 Å². The van der Waals surface area contributed by atoms with Crippen molar-refractivity contribution in [3.8, 4) is 0 Å². The van der Waals surface area contributed by atoms with Crippen molar-refractivity contribution < 1.29 is 9.72 Å². The van der Waals surface area contributed by atoms with Gasteiger partial charge in [0.05, 0.1) is 11.0 Å². The number of non-ortho nitro benzene ring substituents is 1. The number of aryl methyl sites for hydroxylation is 1. The van der Waals surface area contributed by atoms with Crippen LogP contribution < -0.4 is 5.32 Å². The molecular formula is C16H23N3O3. The van der Waals surface area contributed by atoms with Crippen LogP contribution in [0.3, 0.4) is 0 Å². The fourth-order valence-electron chi connectivity index (χ4n) is 2.88. The lowest BCUT2D eigenvalue weighted by atomic mass is 9.99. The summed E-state index contributed by atoms with van der Waals surface area (Å²) in [7, 11) is 0. The molecule has 1 aliphatic rings. The maximum Gasteiger partial charge on any atom is 0.269 e. The zero-order chi connectivity index (χ0) is 16.3. The zero-order valence-corrected chi connectivity index (χ0v) is 13.3. The second-order valence-electron chi connectivity index (χ2n) is 6.16. The van der Waals surface area contributed by atoms with E-state index in [-0.39, 0.29) is 17.6 Å². The number of carbonyl (C=O) groups excluding carboxylic acids is 1. The highest BCUT2D eigenvalue weighted by Gasteiger charge is 2.26. The third kappa shape index (κ3) is 3.82. The van der Waals surface area contributed by atoms with Crippen molar-refractivity contribution in [3.05, 3.63) is 33.9 Å². The number of nitrogens with zero attached hydrogens (tertiary/aromatic N) is 2. The lowest BCUT2D eigenvalue weighted by molar-refractivity contribution is -0.384. The number of nitro benzene ring substituents is 1. The number of nitro groups is 1. The van der Waals surface area contributed by atoms with Gasteiger partial charge in [0.2, 0.25) is 5.91 Å². The Hall–Kier alpha value is -1.95. The monoisotopic (exact) mass is 305 g/mol. The predicted octanol–water partition coefficient (Wildman–Crippen LogP) is 2.96. The van der Waals surface area contributed by atoms with Gasteiger partial charge in [0.1, 0.15) is 0 Å². The van der Waals surface area contributed by atoms with Crippen LogP contribution in [0.15, 0.2) is 18.2 Å². The molecule has 0 saturated carbocycles. The molecule has 1 saturated heterocycles. The van der Waals surface area contributed by atoms with Gasteiger partial charge >= 0.3 is 0 Å². The highest BCUT2D eigenvalue weighted by Crippen LogP contribution is 2.22. The molecule has 1 aromatic rings. The molecule has 2 atom stereocenters. The summed E-state index contributed by atoms with van der Waals surface area (Å²) in [6, 6.07) is 4.29. The standard InChI is InChI=1S/C16H23N3O3/c1-11-5-4-8-18(10-11)13(3)16(20)17-15-7-6-14(19(21)22)9-12(15)2/h6-7,9,11,13H,4-5,8,10H2,1-3H3,(H,17,20). The Morgan fingerprint density at radius 3 is 2.82 bits per heavy atom. The first-order chi connectivity index (χ1) is 10.4. The molecule has 1 N–H and O–H groups in total. The smallest absolute Gasteiger partial charge is 0.269 e. The molecule has 0 aliphatic carbocycles. The molecule has 6 heteroatoms. The highest BCUT2D eigenvalue weighted by molar-refractivity contribution is 5.95. The zero-order valence-electron chi connectivity index (χ0n) is 13.3. The van der Waals surface area contributed by atoms with Crippen LogP contribution in [-0.4, -0.2) is 34.9 Å². The van der Waals surface area contributed by atoms with Crippen LogP contribution in [0.25, 0.3) is 0 Å². The predicted molar refractivity (Wildman–Crippen MR) is 85.9 cm³/mol. The van der Waals surface area contributed by atoms with Crippen molar-refractivity contribution >= 4 is 17.3 Å². The van der Waals surface area contributed by atoms with Gasteiger partial charge in [0, 0.05) is 24.4 Å². The molecule has 1 aliphatic heterocycles. The summed E-state index contributed by atoms with van der Waals surface area (Å²) in [5.41, 5.74) is 1.36. The normalized spacial score (nSPS) is 20.4. The van der Waals surface area contributed by atoms with Gasteiger partial charge in [-0.1, -0.05) is 6.92 Å². The molecule has 0 bridgehead atoms. The van der Waals surface area contributed by atoms with E-state index in [1.165, 1.54) is 18.6 Å². The van der Waals surface area contributed by atoms with Gasteiger partial charge in [-0.3, -0.25) is 19.8 Å². The summed E-state index contributed by atoms with van der Waals surface area (Å²) in [6.45, 7) is 7.76. The Bertz CT molecular complexity index is 574. The number of likely N-dealkylation sites (tertiary alicyclic amines) is 1. The number of nitrogens with one attached hydrogen (secondary N) is 1. The Morgan fingerprint density at radius 1 is 1.50 bits per heavy atom. The molecular weight excluding hydrogens is 282 g/mol. The van der Waals surface area contributed by atoms with Crippen LogP contribution in [0.1, 0.15) is 32.3 Å². The summed E-state index contributed by atoms with van der Waals surface area (Å²) >= 11 is 0. The van der Waals surface area contributed by atoms with Crippen molar-refractivity contribution in [2.45, 2.75) is 39.7 Å². The number of carbonyl (C=O) groups is 1. The largest absolute Gasteiger partial charge is 0.324 e. The third-order valence-corrected chi connectivity index (χ3v) is 4.29. The minimum Gasteiger partial charge on any atom is -0.324 e. The fraction of sp³-hybridized carbons (Fsp3) is 0.562. The van der Waals surface area contributed by atoms with Crippen molar-refractivity contribution in [2.24, 2.45) is 5.92 Å². The average Bonchev–Trinajstić information content (AvgIpc) is 2.48. The lowest BCUT2D eigenvalue weighted by Crippen LogP contribution is -2.46. The average molecular weight is 305 g/mol. The summed E-state index contributed by atoms with van der Waals surface area (Å²) < 4.78 is 0. The number of hydrogen-bond donors (Lipinski definition) is 1. The summed E-state index contributed by atoms with van der Waals surface area (Å²) in [6.07, 6.45) is 2.33. The molecule has 1 fully saturated rings. The first-order valence-corrected chi connectivity index (χ1v) is 7.68. The van der Waals surface area contributed by atoms with E-state index >= 15 is 0 Å². The lowest BCUT2D eigenvalue weighted by Gasteiger charge is -2.34. The summed E-state index contributed by atoms with van der Waals surface area (Å²) in [5, 5.41) is 13.6. The van der Waals surface area contributed by atoms with Crippen LogP contribution >= 0.6 is 0 Å². The van der Waals surface area contributed by atoms with E-state index in [9.17, 15) is 14.9 Å². The van der Waals surface area contributed by atoms with Crippen molar-refractivity contribution in [1.82, 2.24) is 4.90 Å². The number of piperidine rings is 1. The van der Waals surface area contributed by atoms with Gasteiger partial charge in [-0.2, -0.15) is 0 Å². The van der Waals surface area contributed by atoms with E-state index < -0.39 is 4.92 Å². The first kappa shape index (κ1) is 16.4. The minimum atomic E-state index is -0.434. The van der Waals surface area contributed by atoms with Crippen molar-refractivity contribution in [1.29, 1.82) is 0 Å². The minimum absolute atomic E-state index is 0.0356. The number of benzene rings is 1. The number of hydrogen-bond acceptors (Lipinski definition) is 4. The van der Waals surface area contributed by atoms with Crippen LogP contribution in [0.4, 0.5) is 11.4 Å². The molecule has 0 spiro atoms. The van der Waals surface area contributed by atoms with Crippen LogP contribution in [0, 0.1) is 23.0 Å². The number of amides is 1. The maximum absolute atomic E-state index is 12.4. The van der Waals surface area contributed by atoms with Crippen LogP contribution in [-0.2, 0) is 4.79 Å². The van der Waals surface area contributed by atoms with Crippen molar-refractivity contribution in [2.75, 3.05) is 18.4 Å². The second kappa shape index (κ2) is 6.87. The van der Waals surface area contributed by atoms with E-state index in [4.69, 9.17) is 0 Å². The Labute approximate surface area is 130 Å². The Morgan fingerprint density at radius 2 is 2.23 bits per heavy atom. The maximum atomic E-state index is 12.4. The Balaban J connectivity index is 2.03. The van der Waals surface area contributed by atoms with Gasteiger partial charge in [-0.15, -0.1) is 0 Å². The number of anilines is 1. The van der Waals surface area contributed by atoms with E-state index in [0.29, 0.717) is 17.2 Å². The molecule has 2 unspecified atom stereocenters. The van der Waals surface area contributed by atoms with E-state index in [0.717, 1.165) is 19.5 Å².